The molecular formula is C19H27N5S. The zero-order valence-corrected chi connectivity index (χ0v) is 16.1. The van der Waals surface area contributed by atoms with Gasteiger partial charge in [0.15, 0.2) is 0 Å². The van der Waals surface area contributed by atoms with Gasteiger partial charge in [0.25, 0.3) is 0 Å². The lowest BCUT2D eigenvalue weighted by molar-refractivity contribution is 0.281. The van der Waals surface area contributed by atoms with Gasteiger partial charge in [0, 0.05) is 67.6 Å². The molecule has 1 fully saturated rings. The number of fused-ring (bicyclic) bond motifs is 1. The van der Waals surface area contributed by atoms with E-state index in [0.717, 1.165) is 58.7 Å². The van der Waals surface area contributed by atoms with Crippen LogP contribution in [-0.4, -0.2) is 66.1 Å². The molecule has 2 aromatic heterocycles. The summed E-state index contributed by atoms with van der Waals surface area (Å²) in [4.78, 5) is 19.6. The van der Waals surface area contributed by atoms with Gasteiger partial charge in [-0.2, -0.15) is 0 Å². The maximum absolute atomic E-state index is 4.67. The van der Waals surface area contributed by atoms with E-state index >= 15 is 0 Å². The van der Waals surface area contributed by atoms with Gasteiger partial charge in [0.05, 0.1) is 5.69 Å². The number of hydrogen-bond donors (Lipinski definition) is 0. The Kier molecular flexibility index (Phi) is 5.01. The molecule has 0 bridgehead atoms. The standard InChI is InChI=1S/C19H27N5S/c1-15-3-4-16(25-15)13-23-7-5-17-18(6-8-23)20-14-21-19(17)24-11-9-22(2)10-12-24/h3-4,14H,5-13H2,1-2H3. The van der Waals surface area contributed by atoms with Crippen molar-refractivity contribution in [3.05, 3.63) is 39.5 Å². The Bertz CT molecular complexity index is 720. The van der Waals surface area contributed by atoms with E-state index in [1.54, 1.807) is 6.33 Å². The van der Waals surface area contributed by atoms with E-state index in [1.807, 2.05) is 11.3 Å². The molecule has 0 N–H and O–H groups in total. The quantitative estimate of drug-likeness (QED) is 0.842. The van der Waals surface area contributed by atoms with Crippen molar-refractivity contribution < 1.29 is 0 Å². The van der Waals surface area contributed by atoms with Crippen molar-refractivity contribution in [2.24, 2.45) is 0 Å². The molecule has 0 atom stereocenters. The highest BCUT2D eigenvalue weighted by molar-refractivity contribution is 7.11. The van der Waals surface area contributed by atoms with Crippen LogP contribution in [0, 0.1) is 6.92 Å². The smallest absolute Gasteiger partial charge is 0.135 e. The van der Waals surface area contributed by atoms with Crippen LogP contribution in [0.15, 0.2) is 18.5 Å². The van der Waals surface area contributed by atoms with Crippen LogP contribution in [0.2, 0.25) is 0 Å². The molecule has 0 spiro atoms. The normalized spacial score (nSPS) is 19.7. The summed E-state index contributed by atoms with van der Waals surface area (Å²) < 4.78 is 0. The number of hydrogen-bond acceptors (Lipinski definition) is 6. The van der Waals surface area contributed by atoms with E-state index in [1.165, 1.54) is 26.8 Å². The summed E-state index contributed by atoms with van der Waals surface area (Å²) >= 11 is 1.92. The predicted molar refractivity (Wildman–Crippen MR) is 103 cm³/mol. The minimum atomic E-state index is 1.03. The fourth-order valence-corrected chi connectivity index (χ4v) is 4.73. The molecular weight excluding hydrogens is 330 g/mol. The van der Waals surface area contributed by atoms with Crippen molar-refractivity contribution in [1.29, 1.82) is 0 Å². The molecule has 4 rings (SSSR count). The van der Waals surface area contributed by atoms with Gasteiger partial charge in [-0.3, -0.25) is 4.90 Å². The van der Waals surface area contributed by atoms with Crippen molar-refractivity contribution in [1.82, 2.24) is 19.8 Å². The number of nitrogens with zero attached hydrogens (tertiary/aromatic N) is 5. The Morgan fingerprint density at radius 3 is 2.56 bits per heavy atom. The van der Waals surface area contributed by atoms with Crippen LogP contribution >= 0.6 is 11.3 Å². The lowest BCUT2D eigenvalue weighted by Gasteiger charge is -2.34. The molecule has 25 heavy (non-hydrogen) atoms. The second-order valence-corrected chi connectivity index (χ2v) is 8.57. The molecule has 0 aliphatic carbocycles. The first kappa shape index (κ1) is 16.9. The van der Waals surface area contributed by atoms with Crippen molar-refractivity contribution >= 4 is 17.2 Å². The highest BCUT2D eigenvalue weighted by atomic mass is 32.1. The van der Waals surface area contributed by atoms with Crippen LogP contribution in [-0.2, 0) is 19.4 Å². The minimum absolute atomic E-state index is 1.03. The summed E-state index contributed by atoms with van der Waals surface area (Å²) in [5, 5.41) is 0. The zero-order chi connectivity index (χ0) is 17.2. The summed E-state index contributed by atoms with van der Waals surface area (Å²) in [6.45, 7) is 9.79. The van der Waals surface area contributed by atoms with E-state index < -0.39 is 0 Å². The molecule has 6 heteroatoms. The minimum Gasteiger partial charge on any atom is -0.354 e. The van der Waals surface area contributed by atoms with Crippen LogP contribution in [0.1, 0.15) is 21.0 Å². The molecule has 0 unspecified atom stereocenters. The molecule has 2 aliphatic rings. The summed E-state index contributed by atoms with van der Waals surface area (Å²) in [5.74, 6) is 1.19. The highest BCUT2D eigenvalue weighted by Crippen LogP contribution is 2.26. The second-order valence-electron chi connectivity index (χ2n) is 7.20. The van der Waals surface area contributed by atoms with Gasteiger partial charge in [0.2, 0.25) is 0 Å². The number of rotatable bonds is 3. The Morgan fingerprint density at radius 2 is 1.80 bits per heavy atom. The summed E-state index contributed by atoms with van der Waals surface area (Å²) in [6.07, 6.45) is 3.86. The molecule has 0 aromatic carbocycles. The Hall–Kier alpha value is -1.50. The first-order chi connectivity index (χ1) is 12.2. The van der Waals surface area contributed by atoms with Gasteiger partial charge in [0.1, 0.15) is 12.1 Å². The van der Waals surface area contributed by atoms with Gasteiger partial charge in [-0.1, -0.05) is 0 Å². The number of piperazine rings is 1. The SMILES string of the molecule is Cc1ccc(CN2CCc3ncnc(N4CCN(C)CC4)c3CC2)s1. The number of thiophene rings is 1. The molecule has 134 valence electrons. The lowest BCUT2D eigenvalue weighted by Crippen LogP contribution is -2.45. The predicted octanol–water partition coefficient (Wildman–Crippen LogP) is 2.20. The van der Waals surface area contributed by atoms with Crippen LogP contribution in [0.25, 0.3) is 0 Å². The third-order valence-corrected chi connectivity index (χ3v) is 6.32. The van der Waals surface area contributed by atoms with Crippen molar-refractivity contribution in [2.45, 2.75) is 26.3 Å². The van der Waals surface area contributed by atoms with E-state index in [9.17, 15) is 0 Å². The third kappa shape index (κ3) is 3.86. The van der Waals surface area contributed by atoms with Gasteiger partial charge >= 0.3 is 0 Å². The number of anilines is 1. The first-order valence-corrected chi connectivity index (χ1v) is 10.0. The van der Waals surface area contributed by atoms with Crippen LogP contribution < -0.4 is 4.90 Å². The van der Waals surface area contributed by atoms with Crippen molar-refractivity contribution in [3.8, 4) is 0 Å². The van der Waals surface area contributed by atoms with Crippen molar-refractivity contribution in [2.75, 3.05) is 51.2 Å². The molecule has 0 amide bonds. The summed E-state index contributed by atoms with van der Waals surface area (Å²) in [7, 11) is 2.20. The topological polar surface area (TPSA) is 35.5 Å². The Morgan fingerprint density at radius 1 is 1.00 bits per heavy atom. The van der Waals surface area contributed by atoms with E-state index in [2.05, 4.69) is 50.8 Å². The molecule has 4 heterocycles. The maximum atomic E-state index is 4.67. The zero-order valence-electron chi connectivity index (χ0n) is 15.2. The fraction of sp³-hybridized carbons (Fsp3) is 0.579. The second kappa shape index (κ2) is 7.40. The van der Waals surface area contributed by atoms with Crippen LogP contribution in [0.5, 0.6) is 0 Å². The molecule has 2 aromatic rings. The van der Waals surface area contributed by atoms with Gasteiger partial charge in [-0.05, 0) is 32.5 Å². The number of aryl methyl sites for hydroxylation is 1. The van der Waals surface area contributed by atoms with Gasteiger partial charge < -0.3 is 9.80 Å². The molecule has 5 nitrogen and oxygen atoms in total. The first-order valence-electron chi connectivity index (χ1n) is 9.23. The molecule has 0 saturated carbocycles. The largest absolute Gasteiger partial charge is 0.354 e. The summed E-state index contributed by atoms with van der Waals surface area (Å²) in [5.41, 5.74) is 2.64. The molecule has 2 aliphatic heterocycles. The van der Waals surface area contributed by atoms with Gasteiger partial charge in [-0.15, -0.1) is 11.3 Å². The monoisotopic (exact) mass is 357 g/mol. The average molecular weight is 358 g/mol. The number of aromatic nitrogens is 2. The maximum Gasteiger partial charge on any atom is 0.135 e. The molecule has 0 radical (unpaired) electrons. The molecule has 1 saturated heterocycles. The lowest BCUT2D eigenvalue weighted by atomic mass is 10.1. The van der Waals surface area contributed by atoms with Crippen LogP contribution in [0.3, 0.4) is 0 Å². The van der Waals surface area contributed by atoms with Crippen LogP contribution in [0.4, 0.5) is 5.82 Å². The summed E-state index contributed by atoms with van der Waals surface area (Å²) in [6, 6.07) is 4.50. The van der Waals surface area contributed by atoms with E-state index in [4.69, 9.17) is 0 Å². The highest BCUT2D eigenvalue weighted by Gasteiger charge is 2.23. The Balaban J connectivity index is 1.48. The Labute approximate surface area is 154 Å². The fourth-order valence-electron chi connectivity index (χ4n) is 3.79. The van der Waals surface area contributed by atoms with E-state index in [0.29, 0.717) is 0 Å². The van der Waals surface area contributed by atoms with Crippen molar-refractivity contribution in [3.63, 3.8) is 0 Å². The third-order valence-electron chi connectivity index (χ3n) is 5.33. The number of likely N-dealkylation sites (N-methyl/N-ethyl adjacent to an activating group) is 1. The average Bonchev–Trinajstić information content (AvgIpc) is 2.91. The van der Waals surface area contributed by atoms with Gasteiger partial charge in [-0.25, -0.2) is 9.97 Å². The van der Waals surface area contributed by atoms with E-state index in [-0.39, 0.29) is 0 Å².